The first-order valence-corrected chi connectivity index (χ1v) is 12.2. The lowest BCUT2D eigenvalue weighted by Crippen LogP contribution is -2.41. The monoisotopic (exact) mass is 560 g/mol. The van der Waals surface area contributed by atoms with Crippen molar-refractivity contribution in [2.75, 3.05) is 26.3 Å². The maximum Gasteiger partial charge on any atom is 0.418 e. The fourth-order valence-corrected chi connectivity index (χ4v) is 4.54. The van der Waals surface area contributed by atoms with Gasteiger partial charge in [0.2, 0.25) is 0 Å². The molecule has 0 N–H and O–H groups in total. The summed E-state index contributed by atoms with van der Waals surface area (Å²) in [5, 5.41) is 0.444. The van der Waals surface area contributed by atoms with Crippen molar-refractivity contribution in [2.45, 2.75) is 47.2 Å². The zero-order valence-corrected chi connectivity index (χ0v) is 22.3. The molecule has 1 aliphatic rings. The van der Waals surface area contributed by atoms with Crippen LogP contribution in [-0.2, 0) is 17.3 Å². The minimum atomic E-state index is -4.54. The number of halogens is 5. The van der Waals surface area contributed by atoms with E-state index in [4.69, 9.17) is 16.3 Å². The van der Waals surface area contributed by atoms with Gasteiger partial charge in [0.05, 0.1) is 24.5 Å². The maximum atomic E-state index is 13.6. The molecule has 1 amide bonds. The van der Waals surface area contributed by atoms with E-state index in [0.717, 1.165) is 6.07 Å². The molecule has 2 aromatic rings. The standard InChI is InChI=1S/C23H23BrClF3N2O2.C2H6/c1-13-10-16(24)12-19(23(26,27)28)21(13)29-14(2)11-18-15(3)17(4-5-20(18)25)22(31)30-6-8-32-9-7-30;1-2/h4-5,10,12H,6-9,11H2,1-3H3;1-2H3. The molecule has 0 spiro atoms. The van der Waals surface area contributed by atoms with E-state index < -0.39 is 11.7 Å². The molecule has 1 heterocycles. The Bertz CT molecular complexity index is 1070. The van der Waals surface area contributed by atoms with Gasteiger partial charge in [-0.05, 0) is 61.7 Å². The highest BCUT2D eigenvalue weighted by Gasteiger charge is 2.34. The maximum absolute atomic E-state index is 13.6. The van der Waals surface area contributed by atoms with Crippen LogP contribution in [-0.4, -0.2) is 42.8 Å². The minimum absolute atomic E-state index is 0.110. The number of nitrogens with zero attached hydrogens (tertiary/aromatic N) is 2. The topological polar surface area (TPSA) is 41.9 Å². The van der Waals surface area contributed by atoms with Crippen LogP contribution in [0.4, 0.5) is 18.9 Å². The first-order chi connectivity index (χ1) is 16.0. The van der Waals surface area contributed by atoms with Gasteiger partial charge in [0.15, 0.2) is 0 Å². The molecule has 3 rings (SSSR count). The average Bonchev–Trinajstić information content (AvgIpc) is 2.79. The van der Waals surface area contributed by atoms with Crippen molar-refractivity contribution >= 4 is 44.8 Å². The number of aliphatic imine (C=N–C) groups is 1. The van der Waals surface area contributed by atoms with Gasteiger partial charge < -0.3 is 9.64 Å². The number of amides is 1. The van der Waals surface area contributed by atoms with Crippen molar-refractivity contribution < 1.29 is 22.7 Å². The Balaban J connectivity index is 0.00000199. The fraction of sp³-hybridized carbons (Fsp3) is 0.440. The Labute approximate surface area is 212 Å². The Hall–Kier alpha value is -1.90. The molecule has 9 heteroatoms. The Morgan fingerprint density at radius 1 is 1.18 bits per heavy atom. The second kappa shape index (κ2) is 12.2. The van der Waals surface area contributed by atoms with Gasteiger partial charge in [-0.25, -0.2) is 0 Å². The number of benzene rings is 2. The summed E-state index contributed by atoms with van der Waals surface area (Å²) in [7, 11) is 0. The molecule has 1 fully saturated rings. The molecule has 0 radical (unpaired) electrons. The van der Waals surface area contributed by atoms with Crippen LogP contribution in [0.2, 0.25) is 5.02 Å². The van der Waals surface area contributed by atoms with Crippen LogP contribution in [0.1, 0.15) is 53.4 Å². The number of carbonyl (C=O) groups excluding carboxylic acids is 1. The Morgan fingerprint density at radius 3 is 2.38 bits per heavy atom. The number of aryl methyl sites for hydroxylation is 1. The molecular weight excluding hydrogens is 533 g/mol. The molecule has 4 nitrogen and oxygen atoms in total. The highest BCUT2D eigenvalue weighted by Crippen LogP contribution is 2.40. The van der Waals surface area contributed by atoms with Crippen molar-refractivity contribution in [3.05, 3.63) is 61.6 Å². The highest BCUT2D eigenvalue weighted by atomic mass is 79.9. The highest BCUT2D eigenvalue weighted by molar-refractivity contribution is 9.10. The number of rotatable bonds is 4. The van der Waals surface area contributed by atoms with Crippen molar-refractivity contribution in [1.82, 2.24) is 4.90 Å². The second-order valence-corrected chi connectivity index (χ2v) is 9.07. The third-order valence-electron chi connectivity index (χ3n) is 5.38. The molecule has 0 aliphatic carbocycles. The van der Waals surface area contributed by atoms with Crippen LogP contribution in [0.25, 0.3) is 0 Å². The van der Waals surface area contributed by atoms with Gasteiger partial charge in [-0.3, -0.25) is 9.79 Å². The summed E-state index contributed by atoms with van der Waals surface area (Å²) in [6, 6.07) is 5.96. The zero-order valence-electron chi connectivity index (χ0n) is 19.9. The van der Waals surface area contributed by atoms with E-state index in [9.17, 15) is 18.0 Å². The third kappa shape index (κ3) is 6.83. The van der Waals surface area contributed by atoms with Crippen molar-refractivity contribution in [1.29, 1.82) is 0 Å². The first kappa shape index (κ1) is 28.3. The average molecular weight is 562 g/mol. The minimum Gasteiger partial charge on any atom is -0.378 e. The lowest BCUT2D eigenvalue weighted by molar-refractivity contribution is -0.137. The molecule has 186 valence electrons. The van der Waals surface area contributed by atoms with Gasteiger partial charge in [0.25, 0.3) is 5.91 Å². The summed E-state index contributed by atoms with van der Waals surface area (Å²) in [5.41, 5.74) is 1.85. The van der Waals surface area contributed by atoms with E-state index in [1.165, 1.54) is 0 Å². The second-order valence-electron chi connectivity index (χ2n) is 7.74. The largest absolute Gasteiger partial charge is 0.418 e. The molecule has 2 aromatic carbocycles. The third-order valence-corrected chi connectivity index (χ3v) is 6.19. The van der Waals surface area contributed by atoms with E-state index in [1.54, 1.807) is 43.9 Å². The van der Waals surface area contributed by atoms with Gasteiger partial charge in [-0.15, -0.1) is 0 Å². The summed E-state index contributed by atoms with van der Waals surface area (Å²) < 4.78 is 46.4. The SMILES string of the molecule is CC.CC(Cc1c(Cl)ccc(C(=O)N2CCOCC2)c1C)=Nc1c(C)cc(Br)cc1C(F)(F)F. The van der Waals surface area contributed by atoms with Crippen molar-refractivity contribution in [3.8, 4) is 0 Å². The molecule has 0 bridgehead atoms. The zero-order chi connectivity index (χ0) is 25.6. The van der Waals surface area contributed by atoms with E-state index in [-0.39, 0.29) is 18.0 Å². The lowest BCUT2D eigenvalue weighted by Gasteiger charge is -2.28. The summed E-state index contributed by atoms with van der Waals surface area (Å²) in [5.74, 6) is -0.110. The number of morpholine rings is 1. The Kier molecular flexibility index (Phi) is 10.2. The molecule has 0 unspecified atom stereocenters. The van der Waals surface area contributed by atoms with E-state index in [0.29, 0.717) is 63.8 Å². The van der Waals surface area contributed by atoms with Gasteiger partial charge >= 0.3 is 6.18 Å². The van der Waals surface area contributed by atoms with Crippen LogP contribution in [0.5, 0.6) is 0 Å². The molecular formula is C25H29BrClF3N2O2. The Morgan fingerprint density at radius 2 is 1.79 bits per heavy atom. The first-order valence-electron chi connectivity index (χ1n) is 11.1. The molecule has 0 aromatic heterocycles. The summed E-state index contributed by atoms with van der Waals surface area (Å²) >= 11 is 9.53. The molecule has 34 heavy (non-hydrogen) atoms. The molecule has 1 aliphatic heterocycles. The van der Waals surface area contributed by atoms with E-state index >= 15 is 0 Å². The summed E-state index contributed by atoms with van der Waals surface area (Å²) in [6.07, 6.45) is -4.31. The predicted octanol–water partition coefficient (Wildman–Crippen LogP) is 7.57. The van der Waals surface area contributed by atoms with E-state index in [2.05, 4.69) is 20.9 Å². The van der Waals surface area contributed by atoms with Crippen LogP contribution >= 0.6 is 27.5 Å². The quantitative estimate of drug-likeness (QED) is 0.361. The van der Waals surface area contributed by atoms with Gasteiger partial charge in [0, 0.05) is 40.3 Å². The molecule has 0 atom stereocenters. The van der Waals surface area contributed by atoms with Crippen LogP contribution in [0, 0.1) is 13.8 Å². The normalized spacial score (nSPS) is 14.5. The van der Waals surface area contributed by atoms with Crippen LogP contribution < -0.4 is 0 Å². The van der Waals surface area contributed by atoms with Crippen molar-refractivity contribution in [3.63, 3.8) is 0 Å². The summed E-state index contributed by atoms with van der Waals surface area (Å²) in [6.45, 7) is 11.1. The van der Waals surface area contributed by atoms with Gasteiger partial charge in [-0.1, -0.05) is 41.4 Å². The lowest BCUT2D eigenvalue weighted by atomic mass is 9.97. The molecule has 0 saturated carbocycles. The number of hydrogen-bond donors (Lipinski definition) is 0. The van der Waals surface area contributed by atoms with Crippen LogP contribution in [0.3, 0.4) is 0 Å². The summed E-state index contributed by atoms with van der Waals surface area (Å²) in [4.78, 5) is 19.0. The van der Waals surface area contributed by atoms with Crippen LogP contribution in [0.15, 0.2) is 33.7 Å². The number of hydrogen-bond acceptors (Lipinski definition) is 3. The van der Waals surface area contributed by atoms with E-state index in [1.807, 2.05) is 13.8 Å². The van der Waals surface area contributed by atoms with Gasteiger partial charge in [-0.2, -0.15) is 13.2 Å². The smallest absolute Gasteiger partial charge is 0.378 e. The van der Waals surface area contributed by atoms with Gasteiger partial charge in [0.1, 0.15) is 0 Å². The fourth-order valence-electron chi connectivity index (χ4n) is 3.70. The molecule has 1 saturated heterocycles. The number of ether oxygens (including phenoxy) is 1. The number of alkyl halides is 3. The van der Waals surface area contributed by atoms with Crippen molar-refractivity contribution in [2.24, 2.45) is 4.99 Å². The number of carbonyl (C=O) groups is 1. The predicted molar refractivity (Wildman–Crippen MR) is 135 cm³/mol.